The fourth-order valence-corrected chi connectivity index (χ4v) is 4.49. The first-order valence-electron chi connectivity index (χ1n) is 12.4. The van der Waals surface area contributed by atoms with Gasteiger partial charge in [-0.2, -0.15) is 0 Å². The molecule has 1 aliphatic heterocycles. The highest BCUT2D eigenvalue weighted by Gasteiger charge is 2.22. The van der Waals surface area contributed by atoms with Crippen LogP contribution in [0.2, 0.25) is 0 Å². The number of allylic oxidation sites excluding steroid dienone is 1. The number of aromatic nitrogens is 2. The highest BCUT2D eigenvalue weighted by atomic mass is 35.5. The minimum atomic E-state index is -0.875. The third-order valence-corrected chi connectivity index (χ3v) is 7.15. The lowest BCUT2D eigenvalue weighted by atomic mass is 10.1. The van der Waals surface area contributed by atoms with E-state index in [1.54, 1.807) is 22.8 Å². The van der Waals surface area contributed by atoms with Crippen LogP contribution in [0.5, 0.6) is 0 Å². The summed E-state index contributed by atoms with van der Waals surface area (Å²) in [7, 11) is 0. The zero-order valence-electron chi connectivity index (χ0n) is 21.2. The molecule has 1 N–H and O–H groups in total. The predicted octanol–water partition coefficient (Wildman–Crippen LogP) is 4.85. The van der Waals surface area contributed by atoms with Gasteiger partial charge < -0.3 is 15.0 Å². The van der Waals surface area contributed by atoms with Crippen molar-refractivity contribution in [2.75, 3.05) is 31.6 Å². The molecule has 0 aliphatic carbocycles. The number of nitrogens with zero attached hydrogens (tertiary/aromatic N) is 3. The van der Waals surface area contributed by atoms with Gasteiger partial charge in [0, 0.05) is 18.8 Å². The Morgan fingerprint density at radius 2 is 1.84 bits per heavy atom. The number of carbonyl (C=O) groups excluding carboxylic acids is 2. The van der Waals surface area contributed by atoms with Gasteiger partial charge in [-0.15, -0.1) is 0 Å². The molecule has 0 atom stereocenters. The number of ether oxygens (including phenoxy) is 1. The van der Waals surface area contributed by atoms with Gasteiger partial charge in [-0.25, -0.2) is 9.78 Å². The molecule has 0 unspecified atom stereocenters. The molecule has 0 saturated carbocycles. The highest BCUT2D eigenvalue weighted by Crippen LogP contribution is 2.28. The van der Waals surface area contributed by atoms with E-state index in [9.17, 15) is 14.4 Å². The number of hydrogen-bond acceptors (Lipinski definition) is 6. The second-order valence-corrected chi connectivity index (χ2v) is 9.46. The number of amides is 1. The number of fused-ring (bicyclic) bond motifs is 2. The van der Waals surface area contributed by atoms with E-state index in [-0.39, 0.29) is 12.2 Å². The third kappa shape index (κ3) is 6.15. The lowest BCUT2D eigenvalue weighted by Gasteiger charge is -2.17. The van der Waals surface area contributed by atoms with Crippen LogP contribution in [0.3, 0.4) is 0 Å². The quantitative estimate of drug-likeness (QED) is 0.300. The summed E-state index contributed by atoms with van der Waals surface area (Å²) >= 11 is 12.1. The van der Waals surface area contributed by atoms with Gasteiger partial charge in [0.15, 0.2) is 0 Å². The van der Waals surface area contributed by atoms with Crippen molar-refractivity contribution in [1.29, 1.82) is 0 Å². The van der Waals surface area contributed by atoms with Gasteiger partial charge in [-0.3, -0.25) is 14.2 Å². The summed E-state index contributed by atoms with van der Waals surface area (Å²) in [5.41, 5.74) is 2.62. The molecule has 3 aromatic rings. The van der Waals surface area contributed by atoms with Crippen LogP contribution >= 0.6 is 23.2 Å². The Labute approximate surface area is 230 Å². The lowest BCUT2D eigenvalue weighted by molar-refractivity contribution is -0.138. The van der Waals surface area contributed by atoms with Crippen LogP contribution in [0.1, 0.15) is 31.7 Å². The van der Waals surface area contributed by atoms with Crippen LogP contribution in [0.4, 0.5) is 5.69 Å². The summed E-state index contributed by atoms with van der Waals surface area (Å²) in [6.45, 7) is 6.88. The summed E-state index contributed by atoms with van der Waals surface area (Å²) in [4.78, 5) is 44.8. The number of rotatable bonds is 9. The van der Waals surface area contributed by atoms with Crippen molar-refractivity contribution in [3.63, 3.8) is 0 Å². The molecule has 1 aromatic heterocycles. The van der Waals surface area contributed by atoms with Crippen molar-refractivity contribution in [3.8, 4) is 0 Å². The molecule has 10 heteroatoms. The molecule has 8 nitrogen and oxygen atoms in total. The Morgan fingerprint density at radius 3 is 2.55 bits per heavy atom. The molecular weight excluding hydrogens is 527 g/mol. The molecule has 2 heterocycles. The van der Waals surface area contributed by atoms with Crippen LogP contribution < -0.4 is 10.9 Å². The topological polar surface area (TPSA) is 93.5 Å². The summed E-state index contributed by atoms with van der Waals surface area (Å²) in [6.07, 6.45) is 2.72. The fraction of sp³-hybridized carbons (Fsp3) is 0.286. The van der Waals surface area contributed by atoms with Gasteiger partial charge in [0.1, 0.15) is 22.5 Å². The first-order valence-corrected chi connectivity index (χ1v) is 13.1. The van der Waals surface area contributed by atoms with E-state index in [0.717, 1.165) is 24.2 Å². The first kappa shape index (κ1) is 27.6. The van der Waals surface area contributed by atoms with Crippen molar-refractivity contribution in [2.24, 2.45) is 0 Å². The van der Waals surface area contributed by atoms with E-state index in [1.807, 2.05) is 50.3 Å². The molecule has 1 amide bonds. The molecule has 38 heavy (non-hydrogen) atoms. The largest absolute Gasteiger partial charge is 0.460 e. The van der Waals surface area contributed by atoms with Crippen LogP contribution in [0, 0.1) is 0 Å². The Bertz CT molecular complexity index is 1480. The Morgan fingerprint density at radius 1 is 1.11 bits per heavy atom. The van der Waals surface area contributed by atoms with Crippen molar-refractivity contribution >= 4 is 63.3 Å². The van der Waals surface area contributed by atoms with Gasteiger partial charge >= 0.3 is 5.97 Å². The second kappa shape index (κ2) is 12.4. The Kier molecular flexibility index (Phi) is 8.99. The Balaban J connectivity index is 1.52. The molecule has 198 valence electrons. The van der Waals surface area contributed by atoms with Gasteiger partial charge in [-0.1, -0.05) is 67.4 Å². The van der Waals surface area contributed by atoms with Crippen molar-refractivity contribution in [3.05, 3.63) is 80.3 Å². The van der Waals surface area contributed by atoms with E-state index in [4.69, 9.17) is 32.9 Å². The number of likely N-dealkylation sites (N-methyl/N-ethyl adjacent to an activating group) is 1. The number of esters is 1. The summed E-state index contributed by atoms with van der Waals surface area (Å²) in [6, 6.07) is 14.6. The summed E-state index contributed by atoms with van der Waals surface area (Å²) in [5, 5.41) is 2.05. The van der Waals surface area contributed by atoms with Gasteiger partial charge in [0.05, 0.1) is 10.9 Å². The van der Waals surface area contributed by atoms with E-state index >= 15 is 0 Å². The lowest BCUT2D eigenvalue weighted by Crippen LogP contribution is -2.28. The molecule has 0 saturated heterocycles. The molecule has 1 aliphatic rings. The minimum Gasteiger partial charge on any atom is -0.460 e. The SMILES string of the molecule is CCN(CC)CCOC(=O)C(Cl)=C(Cl)C(=O)Nc1ccc2c(=O)n3c(nc2c1)C(=Cc1ccccc1)CC3. The first-order chi connectivity index (χ1) is 18.3. The molecule has 0 radical (unpaired) electrons. The number of benzene rings is 2. The van der Waals surface area contributed by atoms with Crippen molar-refractivity contribution < 1.29 is 14.3 Å². The van der Waals surface area contributed by atoms with Crippen LogP contribution in [-0.4, -0.2) is 52.6 Å². The number of hydrogen-bond donors (Lipinski definition) is 1. The van der Waals surface area contributed by atoms with Gasteiger partial charge in [0.25, 0.3) is 11.5 Å². The van der Waals surface area contributed by atoms with Crippen LogP contribution in [0.15, 0.2) is 63.4 Å². The molecule has 2 aromatic carbocycles. The molecule has 4 rings (SSSR count). The standard InChI is InChI=1S/C28H28Cl2N4O4/c1-3-33(4-2)14-15-38-28(37)24(30)23(29)26(35)31-20-10-11-21-22(17-20)32-25-19(12-13-34(25)27(21)36)16-18-8-6-5-7-9-18/h5-11,16-17H,3-4,12-15H2,1-2H3,(H,31,35). The third-order valence-electron chi connectivity index (χ3n) is 6.35. The number of carbonyl (C=O) groups is 2. The van der Waals surface area contributed by atoms with Gasteiger partial charge in [0.2, 0.25) is 0 Å². The maximum absolute atomic E-state index is 13.1. The molecule has 0 bridgehead atoms. The number of halogens is 2. The average molecular weight is 555 g/mol. The normalized spacial score (nSPS) is 14.5. The molecule has 0 spiro atoms. The monoisotopic (exact) mass is 554 g/mol. The van der Waals surface area contributed by atoms with Crippen LogP contribution in [0.25, 0.3) is 22.6 Å². The Hall–Kier alpha value is -3.46. The zero-order chi connectivity index (χ0) is 27.2. The summed E-state index contributed by atoms with van der Waals surface area (Å²) < 4.78 is 6.81. The second-order valence-electron chi connectivity index (χ2n) is 8.70. The maximum Gasteiger partial charge on any atom is 0.351 e. The van der Waals surface area contributed by atoms with E-state index in [1.165, 1.54) is 0 Å². The zero-order valence-corrected chi connectivity index (χ0v) is 22.7. The minimum absolute atomic E-state index is 0.124. The van der Waals surface area contributed by atoms with Crippen molar-refractivity contribution in [1.82, 2.24) is 14.5 Å². The number of anilines is 1. The molecular formula is C28H28Cl2N4O4. The van der Waals surface area contributed by atoms with Crippen LogP contribution in [-0.2, 0) is 20.9 Å². The highest BCUT2D eigenvalue weighted by molar-refractivity contribution is 6.54. The summed E-state index contributed by atoms with van der Waals surface area (Å²) in [5.74, 6) is -1.05. The van der Waals surface area contributed by atoms with E-state index < -0.39 is 21.9 Å². The predicted molar refractivity (Wildman–Crippen MR) is 151 cm³/mol. The van der Waals surface area contributed by atoms with E-state index in [0.29, 0.717) is 41.9 Å². The van der Waals surface area contributed by atoms with Crippen molar-refractivity contribution in [2.45, 2.75) is 26.8 Å². The molecule has 0 fully saturated rings. The smallest absolute Gasteiger partial charge is 0.351 e. The van der Waals surface area contributed by atoms with E-state index in [2.05, 4.69) is 10.2 Å². The average Bonchev–Trinajstić information content (AvgIpc) is 3.33. The number of nitrogens with one attached hydrogen (secondary N) is 1. The fourth-order valence-electron chi connectivity index (χ4n) is 4.23. The maximum atomic E-state index is 13.1. The van der Waals surface area contributed by atoms with Gasteiger partial charge in [-0.05, 0) is 54.9 Å².